The minimum Gasteiger partial charge on any atom is -0.367 e. The first-order valence-electron chi connectivity index (χ1n) is 7.57. The van der Waals surface area contributed by atoms with Crippen molar-refractivity contribution >= 4 is 46.2 Å². The van der Waals surface area contributed by atoms with E-state index < -0.39 is 0 Å². The van der Waals surface area contributed by atoms with E-state index in [-0.39, 0.29) is 0 Å². The highest BCUT2D eigenvalue weighted by Gasteiger charge is 2.07. The molecule has 0 amide bonds. The fourth-order valence-electron chi connectivity index (χ4n) is 2.09. The number of aromatic nitrogens is 2. The summed E-state index contributed by atoms with van der Waals surface area (Å²) >= 11 is 3.74. The molecule has 0 bridgehead atoms. The van der Waals surface area contributed by atoms with Crippen LogP contribution >= 0.6 is 23.5 Å². The standard InChI is InChI=1S/C16H24N4S2/c1-21-11-5-9-17-15-16(18-10-6-12-22-2)20-14-8-4-3-7-13(14)19-15/h3-4,7-8H,5-6,9-12H2,1-2H3,(H,17,19)(H,18,20). The third-order valence-corrected chi connectivity index (χ3v) is 4.60. The van der Waals surface area contributed by atoms with Crippen molar-refractivity contribution in [1.29, 1.82) is 0 Å². The van der Waals surface area contributed by atoms with Crippen molar-refractivity contribution < 1.29 is 0 Å². The average Bonchev–Trinajstić information content (AvgIpc) is 2.55. The highest BCUT2D eigenvalue weighted by atomic mass is 32.2. The van der Waals surface area contributed by atoms with Gasteiger partial charge in [-0.05, 0) is 49.0 Å². The maximum atomic E-state index is 4.72. The highest BCUT2D eigenvalue weighted by Crippen LogP contribution is 2.21. The van der Waals surface area contributed by atoms with Crippen LogP contribution in [0.4, 0.5) is 11.6 Å². The molecule has 4 nitrogen and oxygen atoms in total. The maximum absolute atomic E-state index is 4.72. The van der Waals surface area contributed by atoms with E-state index in [1.54, 1.807) is 0 Å². The molecule has 2 rings (SSSR count). The second-order valence-electron chi connectivity index (χ2n) is 4.96. The van der Waals surface area contributed by atoms with Crippen molar-refractivity contribution in [2.24, 2.45) is 0 Å². The van der Waals surface area contributed by atoms with Crippen molar-refractivity contribution in [3.05, 3.63) is 24.3 Å². The zero-order valence-corrected chi connectivity index (χ0v) is 14.9. The first-order valence-corrected chi connectivity index (χ1v) is 10.4. The van der Waals surface area contributed by atoms with Gasteiger partial charge in [0.05, 0.1) is 11.0 Å². The van der Waals surface area contributed by atoms with E-state index in [2.05, 4.69) is 23.1 Å². The largest absolute Gasteiger partial charge is 0.367 e. The lowest BCUT2D eigenvalue weighted by molar-refractivity contribution is 0.963. The molecule has 0 aliphatic carbocycles. The van der Waals surface area contributed by atoms with E-state index in [0.29, 0.717) is 0 Å². The third-order valence-electron chi connectivity index (χ3n) is 3.21. The summed E-state index contributed by atoms with van der Waals surface area (Å²) < 4.78 is 0. The number of rotatable bonds is 10. The fourth-order valence-corrected chi connectivity index (χ4v) is 2.96. The SMILES string of the molecule is CSCCCNc1nc2ccccc2nc1NCCCSC. The Morgan fingerprint density at radius 1 is 0.818 bits per heavy atom. The van der Waals surface area contributed by atoms with Crippen molar-refractivity contribution in [2.75, 3.05) is 47.7 Å². The van der Waals surface area contributed by atoms with Crippen LogP contribution in [0.15, 0.2) is 24.3 Å². The third kappa shape index (κ3) is 5.25. The molecule has 0 aliphatic rings. The van der Waals surface area contributed by atoms with Crippen LogP contribution in [0.2, 0.25) is 0 Å². The number of para-hydroxylation sites is 2. The van der Waals surface area contributed by atoms with E-state index in [1.807, 2.05) is 47.8 Å². The molecule has 1 aromatic carbocycles. The van der Waals surface area contributed by atoms with Gasteiger partial charge in [-0.15, -0.1) is 0 Å². The Morgan fingerprint density at radius 3 is 1.68 bits per heavy atom. The number of thioether (sulfide) groups is 2. The second kappa shape index (κ2) is 9.79. The normalized spacial score (nSPS) is 10.8. The molecule has 22 heavy (non-hydrogen) atoms. The summed E-state index contributed by atoms with van der Waals surface area (Å²) in [6.45, 7) is 1.85. The van der Waals surface area contributed by atoms with Gasteiger partial charge >= 0.3 is 0 Å². The van der Waals surface area contributed by atoms with E-state index >= 15 is 0 Å². The smallest absolute Gasteiger partial charge is 0.169 e. The summed E-state index contributed by atoms with van der Waals surface area (Å²) in [4.78, 5) is 9.45. The topological polar surface area (TPSA) is 49.8 Å². The molecule has 0 saturated carbocycles. The van der Waals surface area contributed by atoms with Gasteiger partial charge in [0.2, 0.25) is 0 Å². The summed E-state index contributed by atoms with van der Waals surface area (Å²) in [7, 11) is 0. The van der Waals surface area contributed by atoms with E-state index in [0.717, 1.165) is 60.1 Å². The van der Waals surface area contributed by atoms with Crippen LogP contribution in [0.25, 0.3) is 11.0 Å². The van der Waals surface area contributed by atoms with Gasteiger partial charge in [-0.3, -0.25) is 0 Å². The van der Waals surface area contributed by atoms with Crippen molar-refractivity contribution in [2.45, 2.75) is 12.8 Å². The van der Waals surface area contributed by atoms with Crippen LogP contribution in [-0.2, 0) is 0 Å². The predicted molar refractivity (Wildman–Crippen MR) is 103 cm³/mol. The number of nitrogens with zero attached hydrogens (tertiary/aromatic N) is 2. The molecule has 6 heteroatoms. The first kappa shape index (κ1) is 17.2. The van der Waals surface area contributed by atoms with Gasteiger partial charge in [0.15, 0.2) is 11.6 Å². The van der Waals surface area contributed by atoms with Gasteiger partial charge in [0.25, 0.3) is 0 Å². The molecule has 0 fully saturated rings. The molecular formula is C16H24N4S2. The minimum atomic E-state index is 0.865. The molecule has 1 heterocycles. The summed E-state index contributed by atoms with van der Waals surface area (Å²) in [6, 6.07) is 8.01. The van der Waals surface area contributed by atoms with Gasteiger partial charge in [0, 0.05) is 13.1 Å². The Hall–Kier alpha value is -1.14. The van der Waals surface area contributed by atoms with Crippen molar-refractivity contribution in [3.8, 4) is 0 Å². The average molecular weight is 337 g/mol. The number of anilines is 2. The zero-order chi connectivity index (χ0) is 15.6. The lowest BCUT2D eigenvalue weighted by Crippen LogP contribution is -2.11. The lowest BCUT2D eigenvalue weighted by atomic mass is 10.3. The fraction of sp³-hybridized carbons (Fsp3) is 0.500. The molecule has 2 N–H and O–H groups in total. The number of hydrogen-bond donors (Lipinski definition) is 2. The summed E-state index contributed by atoms with van der Waals surface area (Å²) in [5, 5.41) is 6.85. The number of fused-ring (bicyclic) bond motifs is 1. The maximum Gasteiger partial charge on any atom is 0.169 e. The van der Waals surface area contributed by atoms with Crippen LogP contribution in [0.3, 0.4) is 0 Å². The monoisotopic (exact) mass is 336 g/mol. The Balaban J connectivity index is 2.09. The van der Waals surface area contributed by atoms with E-state index in [1.165, 1.54) is 0 Å². The van der Waals surface area contributed by atoms with Gasteiger partial charge < -0.3 is 10.6 Å². The summed E-state index contributed by atoms with van der Waals surface area (Å²) in [6.07, 6.45) is 6.52. The lowest BCUT2D eigenvalue weighted by Gasteiger charge is -2.13. The first-order chi connectivity index (χ1) is 10.8. The van der Waals surface area contributed by atoms with Crippen LogP contribution in [-0.4, -0.2) is 47.1 Å². The highest BCUT2D eigenvalue weighted by molar-refractivity contribution is 7.98. The van der Waals surface area contributed by atoms with Crippen molar-refractivity contribution in [1.82, 2.24) is 9.97 Å². The molecule has 0 radical (unpaired) electrons. The minimum absolute atomic E-state index is 0.865. The molecule has 0 atom stereocenters. The Labute approximate surface area is 141 Å². The summed E-state index contributed by atoms with van der Waals surface area (Å²) in [5.74, 6) is 4.04. The number of benzene rings is 1. The van der Waals surface area contributed by atoms with E-state index in [9.17, 15) is 0 Å². The van der Waals surface area contributed by atoms with E-state index in [4.69, 9.17) is 9.97 Å². The number of nitrogens with one attached hydrogen (secondary N) is 2. The Bertz CT molecular complexity index is 527. The molecule has 0 unspecified atom stereocenters. The van der Waals surface area contributed by atoms with Crippen molar-refractivity contribution in [3.63, 3.8) is 0 Å². The Morgan fingerprint density at radius 2 is 1.27 bits per heavy atom. The zero-order valence-electron chi connectivity index (χ0n) is 13.3. The van der Waals surface area contributed by atoms with Gasteiger partial charge in [0.1, 0.15) is 0 Å². The van der Waals surface area contributed by atoms with Crippen LogP contribution < -0.4 is 10.6 Å². The molecule has 0 spiro atoms. The van der Waals surface area contributed by atoms with Crippen LogP contribution in [0.1, 0.15) is 12.8 Å². The van der Waals surface area contributed by atoms with Crippen LogP contribution in [0, 0.1) is 0 Å². The second-order valence-corrected chi connectivity index (χ2v) is 6.93. The predicted octanol–water partition coefficient (Wildman–Crippen LogP) is 3.96. The van der Waals surface area contributed by atoms with Gasteiger partial charge in [-0.25, -0.2) is 9.97 Å². The molecule has 1 aromatic heterocycles. The number of hydrogen-bond acceptors (Lipinski definition) is 6. The van der Waals surface area contributed by atoms with Gasteiger partial charge in [-0.2, -0.15) is 23.5 Å². The Kier molecular flexibility index (Phi) is 7.66. The molecule has 2 aromatic rings. The molecule has 120 valence electrons. The molecular weight excluding hydrogens is 312 g/mol. The summed E-state index contributed by atoms with van der Waals surface area (Å²) in [5.41, 5.74) is 1.87. The quantitative estimate of drug-likeness (QED) is 0.641. The van der Waals surface area contributed by atoms with Crippen LogP contribution in [0.5, 0.6) is 0 Å². The molecule has 0 aliphatic heterocycles. The molecule has 0 saturated heterocycles. The van der Waals surface area contributed by atoms with Gasteiger partial charge in [-0.1, -0.05) is 12.1 Å².